The van der Waals surface area contributed by atoms with Gasteiger partial charge in [0.25, 0.3) is 11.8 Å². The van der Waals surface area contributed by atoms with Crippen LogP contribution in [0.4, 0.5) is 0 Å². The molecule has 4 atom stereocenters. The quantitative estimate of drug-likeness (QED) is 0.229. The van der Waals surface area contributed by atoms with Gasteiger partial charge in [0.15, 0.2) is 0 Å². The van der Waals surface area contributed by atoms with E-state index < -0.39 is 35.6 Å². The fraction of sp³-hybridized carbons (Fsp3) is 0.429. The Bertz CT molecular complexity index is 858. The fourth-order valence-electron chi connectivity index (χ4n) is 2.93. The summed E-state index contributed by atoms with van der Waals surface area (Å²) in [5.41, 5.74) is 7.25. The van der Waals surface area contributed by atoms with Crippen LogP contribution in [0.1, 0.15) is 42.6 Å². The zero-order valence-corrected chi connectivity index (χ0v) is 16.3. The van der Waals surface area contributed by atoms with Gasteiger partial charge >= 0.3 is 0 Å². The van der Waals surface area contributed by atoms with Crippen LogP contribution in [-0.2, 0) is 4.79 Å². The van der Waals surface area contributed by atoms with E-state index in [1.807, 2.05) is 0 Å². The van der Waals surface area contributed by atoms with Gasteiger partial charge in [0.2, 0.25) is 0 Å². The van der Waals surface area contributed by atoms with Gasteiger partial charge in [-0.25, -0.2) is 5.48 Å². The van der Waals surface area contributed by atoms with Crippen molar-refractivity contribution in [2.45, 2.75) is 50.5 Å². The summed E-state index contributed by atoms with van der Waals surface area (Å²) in [4.78, 5) is 24.1. The topological polar surface area (TPSA) is 145 Å². The molecule has 2 rings (SSSR count). The minimum Gasteiger partial charge on any atom is -0.390 e. The Balaban J connectivity index is 2.00. The number of rotatable bonds is 4. The molecular weight excluding hydrogens is 374 g/mol. The maximum absolute atomic E-state index is 12.4. The van der Waals surface area contributed by atoms with E-state index in [1.165, 1.54) is 5.48 Å². The number of hydrogen-bond donors (Lipinski definition) is 6. The summed E-state index contributed by atoms with van der Waals surface area (Å²) in [5.74, 6) is 9.80. The molecule has 1 aliphatic carbocycles. The second-order valence-corrected chi connectivity index (χ2v) is 7.60. The van der Waals surface area contributed by atoms with E-state index >= 15 is 0 Å². The highest BCUT2D eigenvalue weighted by Gasteiger charge is 2.33. The molecule has 1 fully saturated rings. The Kier molecular flexibility index (Phi) is 7.38. The van der Waals surface area contributed by atoms with Crippen LogP contribution < -0.4 is 16.5 Å². The number of aliphatic hydroxyl groups excluding tert-OH is 2. The lowest BCUT2D eigenvalue weighted by atomic mass is 9.95. The maximum Gasteiger partial charge on any atom is 0.267 e. The molecule has 1 aromatic carbocycles. The van der Waals surface area contributed by atoms with Crippen LogP contribution in [0.3, 0.4) is 0 Å². The average molecular weight is 399 g/mol. The molecule has 8 heteroatoms. The Labute approximate surface area is 169 Å². The third-order valence-electron chi connectivity index (χ3n) is 4.58. The minimum absolute atomic E-state index is 0.0729. The Morgan fingerprint density at radius 3 is 2.24 bits per heavy atom. The largest absolute Gasteiger partial charge is 0.390 e. The molecule has 29 heavy (non-hydrogen) atoms. The van der Waals surface area contributed by atoms with Crippen LogP contribution in [0, 0.1) is 29.6 Å². The second-order valence-electron chi connectivity index (χ2n) is 7.60. The zero-order valence-electron chi connectivity index (χ0n) is 16.3. The summed E-state index contributed by atoms with van der Waals surface area (Å²) in [6, 6.07) is 5.26. The lowest BCUT2D eigenvalue weighted by Gasteiger charge is -2.29. The van der Waals surface area contributed by atoms with Gasteiger partial charge in [-0.2, -0.15) is 0 Å². The van der Waals surface area contributed by atoms with Crippen molar-refractivity contribution in [3.05, 3.63) is 35.4 Å². The first-order chi connectivity index (χ1) is 13.6. The standard InChI is InChI=1S/C21H25N3O5/c1-21(2,22)18(20(28)24-29)23-19(27)15-9-7-13(8-10-15)5-3-4-6-14-11-16(25)17(26)12-14/h7-10,14,16-18,25-26,29H,11-12,22H2,1-2H3,(H,23,27)(H,24,28)/t14?,16-,17+,18-/m1/s1. The number of carbonyl (C=O) groups excluding carboxylic acids is 2. The van der Waals surface area contributed by atoms with Crippen molar-refractivity contribution in [3.63, 3.8) is 0 Å². The molecule has 0 heterocycles. The molecule has 7 N–H and O–H groups in total. The van der Waals surface area contributed by atoms with Crippen molar-refractivity contribution in [3.8, 4) is 23.7 Å². The van der Waals surface area contributed by atoms with E-state index in [4.69, 9.17) is 10.9 Å². The highest BCUT2D eigenvalue weighted by Crippen LogP contribution is 2.25. The van der Waals surface area contributed by atoms with Gasteiger partial charge in [-0.3, -0.25) is 14.8 Å². The molecule has 1 unspecified atom stereocenters. The molecule has 0 aromatic heterocycles. The summed E-state index contributed by atoms with van der Waals surface area (Å²) in [7, 11) is 0. The molecule has 1 saturated carbocycles. The van der Waals surface area contributed by atoms with Crippen LogP contribution in [0.15, 0.2) is 24.3 Å². The Morgan fingerprint density at radius 2 is 1.72 bits per heavy atom. The van der Waals surface area contributed by atoms with Crippen molar-refractivity contribution in [1.82, 2.24) is 10.8 Å². The molecule has 2 amide bonds. The van der Waals surface area contributed by atoms with Crippen molar-refractivity contribution in [2.24, 2.45) is 11.7 Å². The molecule has 0 spiro atoms. The molecule has 1 aromatic rings. The van der Waals surface area contributed by atoms with Crippen molar-refractivity contribution >= 4 is 11.8 Å². The van der Waals surface area contributed by atoms with Crippen LogP contribution >= 0.6 is 0 Å². The number of amides is 2. The first-order valence-corrected chi connectivity index (χ1v) is 9.13. The van der Waals surface area contributed by atoms with Gasteiger partial charge in [-0.05, 0) is 62.8 Å². The van der Waals surface area contributed by atoms with E-state index in [0.717, 1.165) is 0 Å². The Morgan fingerprint density at radius 1 is 1.14 bits per heavy atom. The smallest absolute Gasteiger partial charge is 0.267 e. The van der Waals surface area contributed by atoms with E-state index in [-0.39, 0.29) is 5.92 Å². The van der Waals surface area contributed by atoms with Crippen LogP contribution in [-0.4, -0.2) is 51.0 Å². The minimum atomic E-state index is -1.12. The summed E-state index contributed by atoms with van der Waals surface area (Å²) >= 11 is 0. The van der Waals surface area contributed by atoms with E-state index in [0.29, 0.717) is 24.0 Å². The summed E-state index contributed by atoms with van der Waals surface area (Å²) < 4.78 is 0. The number of hydrogen-bond acceptors (Lipinski definition) is 6. The number of carbonyl (C=O) groups is 2. The molecule has 1 aliphatic rings. The van der Waals surface area contributed by atoms with E-state index in [9.17, 15) is 19.8 Å². The van der Waals surface area contributed by atoms with Crippen LogP contribution in [0.5, 0.6) is 0 Å². The highest BCUT2D eigenvalue weighted by atomic mass is 16.5. The lowest BCUT2D eigenvalue weighted by Crippen LogP contribution is -2.61. The monoisotopic (exact) mass is 399 g/mol. The van der Waals surface area contributed by atoms with Crippen molar-refractivity contribution in [1.29, 1.82) is 0 Å². The van der Waals surface area contributed by atoms with Gasteiger partial charge in [-0.1, -0.05) is 11.8 Å². The first-order valence-electron chi connectivity index (χ1n) is 9.13. The van der Waals surface area contributed by atoms with Crippen molar-refractivity contribution < 1.29 is 25.0 Å². The molecule has 0 saturated heterocycles. The van der Waals surface area contributed by atoms with E-state index in [2.05, 4.69) is 29.0 Å². The van der Waals surface area contributed by atoms with Gasteiger partial charge < -0.3 is 21.3 Å². The second kappa shape index (κ2) is 9.55. The maximum atomic E-state index is 12.4. The molecular formula is C21H25N3O5. The van der Waals surface area contributed by atoms with Crippen LogP contribution in [0.2, 0.25) is 0 Å². The van der Waals surface area contributed by atoms with Gasteiger partial charge in [0.1, 0.15) is 6.04 Å². The molecule has 0 radical (unpaired) electrons. The van der Waals surface area contributed by atoms with Gasteiger partial charge in [0, 0.05) is 22.6 Å². The number of nitrogens with two attached hydrogens (primary N) is 1. The van der Waals surface area contributed by atoms with Gasteiger partial charge in [0.05, 0.1) is 12.2 Å². The third-order valence-corrected chi connectivity index (χ3v) is 4.58. The van der Waals surface area contributed by atoms with E-state index in [1.54, 1.807) is 38.1 Å². The molecule has 0 bridgehead atoms. The Hall–Kier alpha value is -2.88. The molecule has 8 nitrogen and oxygen atoms in total. The van der Waals surface area contributed by atoms with Crippen LogP contribution in [0.25, 0.3) is 0 Å². The SMILES string of the molecule is CC(C)(N)[C@H](NC(=O)c1ccc(C#CC#CC2C[C@@H](O)[C@@H](O)C2)cc1)C(=O)NO. The fourth-order valence-corrected chi connectivity index (χ4v) is 2.93. The summed E-state index contributed by atoms with van der Waals surface area (Å²) in [5, 5.41) is 30.3. The number of hydroxylamine groups is 1. The third kappa shape index (κ3) is 6.31. The number of aliphatic hydroxyl groups is 2. The predicted octanol–water partition coefficient (Wildman–Crippen LogP) is -0.486. The lowest BCUT2D eigenvalue weighted by molar-refractivity contribution is -0.132. The predicted molar refractivity (Wildman–Crippen MR) is 105 cm³/mol. The molecule has 0 aliphatic heterocycles. The normalized spacial score (nSPS) is 21.8. The number of benzene rings is 1. The molecule has 154 valence electrons. The summed E-state index contributed by atoms with van der Waals surface area (Å²) in [6.07, 6.45) is -0.578. The zero-order chi connectivity index (χ0) is 21.6. The highest BCUT2D eigenvalue weighted by molar-refractivity contribution is 5.97. The average Bonchev–Trinajstić information content (AvgIpc) is 2.99. The summed E-state index contributed by atoms with van der Waals surface area (Å²) in [6.45, 7) is 3.11. The van der Waals surface area contributed by atoms with Gasteiger partial charge in [-0.15, -0.1) is 0 Å². The number of nitrogens with one attached hydrogen (secondary N) is 2. The van der Waals surface area contributed by atoms with Crippen molar-refractivity contribution in [2.75, 3.05) is 0 Å². The first kappa shape index (κ1) is 22.4.